The molecular formula is C15H18N2O5. The van der Waals surface area contributed by atoms with Crippen LogP contribution in [-0.2, 0) is 9.59 Å². The smallest absolute Gasteiger partial charge is 0.308 e. The fraction of sp³-hybridized carbons (Fsp3) is 0.400. The summed E-state index contributed by atoms with van der Waals surface area (Å²) in [5.41, 5.74) is 5.44. The van der Waals surface area contributed by atoms with E-state index in [9.17, 15) is 14.4 Å². The van der Waals surface area contributed by atoms with Crippen LogP contribution in [0.1, 0.15) is 23.2 Å². The van der Waals surface area contributed by atoms with Gasteiger partial charge in [-0.2, -0.15) is 0 Å². The summed E-state index contributed by atoms with van der Waals surface area (Å²) >= 11 is 0. The van der Waals surface area contributed by atoms with Gasteiger partial charge in [0.05, 0.1) is 5.92 Å². The van der Waals surface area contributed by atoms with Gasteiger partial charge in [0.15, 0.2) is 6.61 Å². The summed E-state index contributed by atoms with van der Waals surface area (Å²) in [5.74, 6) is -1.71. The second kappa shape index (κ2) is 6.93. The van der Waals surface area contributed by atoms with Crippen molar-refractivity contribution in [2.75, 3.05) is 19.7 Å². The fourth-order valence-electron chi connectivity index (χ4n) is 2.39. The number of carbonyl (C=O) groups is 3. The van der Waals surface area contributed by atoms with Crippen LogP contribution in [-0.4, -0.2) is 47.5 Å². The number of nitrogens with zero attached hydrogens (tertiary/aromatic N) is 1. The van der Waals surface area contributed by atoms with E-state index in [-0.39, 0.29) is 19.1 Å². The molecule has 0 unspecified atom stereocenters. The fourth-order valence-corrected chi connectivity index (χ4v) is 2.39. The second-order valence-electron chi connectivity index (χ2n) is 5.21. The van der Waals surface area contributed by atoms with Crippen LogP contribution in [0.4, 0.5) is 0 Å². The molecule has 0 spiro atoms. The molecule has 2 amide bonds. The summed E-state index contributed by atoms with van der Waals surface area (Å²) in [7, 11) is 0. The van der Waals surface area contributed by atoms with Crippen LogP contribution in [0.15, 0.2) is 24.3 Å². The van der Waals surface area contributed by atoms with Crippen LogP contribution in [0.25, 0.3) is 0 Å². The Kier molecular flexibility index (Phi) is 4.98. The summed E-state index contributed by atoms with van der Waals surface area (Å²) in [4.78, 5) is 35.6. The number of ether oxygens (including phenoxy) is 1. The van der Waals surface area contributed by atoms with Gasteiger partial charge in [-0.3, -0.25) is 14.4 Å². The average molecular weight is 306 g/mol. The molecule has 1 aliphatic heterocycles. The maximum absolute atomic E-state index is 12.4. The molecule has 1 saturated heterocycles. The summed E-state index contributed by atoms with van der Waals surface area (Å²) < 4.78 is 5.12. The van der Waals surface area contributed by atoms with Crippen LogP contribution in [0.2, 0.25) is 0 Å². The van der Waals surface area contributed by atoms with Gasteiger partial charge in [-0.1, -0.05) is 0 Å². The molecule has 0 aromatic heterocycles. The van der Waals surface area contributed by atoms with Gasteiger partial charge in [-0.25, -0.2) is 0 Å². The maximum Gasteiger partial charge on any atom is 0.308 e. The van der Waals surface area contributed by atoms with Gasteiger partial charge in [0.25, 0.3) is 11.8 Å². The first-order valence-corrected chi connectivity index (χ1v) is 7.00. The number of piperidine rings is 1. The van der Waals surface area contributed by atoms with E-state index in [1.54, 1.807) is 29.2 Å². The lowest BCUT2D eigenvalue weighted by atomic mass is 9.97. The van der Waals surface area contributed by atoms with Crippen molar-refractivity contribution in [3.8, 4) is 5.75 Å². The summed E-state index contributed by atoms with van der Waals surface area (Å²) in [6, 6.07) is 6.33. The van der Waals surface area contributed by atoms with Crippen LogP contribution in [0.5, 0.6) is 5.75 Å². The van der Waals surface area contributed by atoms with Crippen molar-refractivity contribution in [3.63, 3.8) is 0 Å². The lowest BCUT2D eigenvalue weighted by molar-refractivity contribution is -0.143. The normalized spacial score (nSPS) is 17.8. The highest BCUT2D eigenvalue weighted by atomic mass is 16.5. The molecule has 1 aliphatic rings. The van der Waals surface area contributed by atoms with Crippen LogP contribution < -0.4 is 10.5 Å². The van der Waals surface area contributed by atoms with Crippen molar-refractivity contribution >= 4 is 17.8 Å². The molecule has 118 valence electrons. The quantitative estimate of drug-likeness (QED) is 0.822. The zero-order valence-corrected chi connectivity index (χ0v) is 12.0. The zero-order chi connectivity index (χ0) is 16.1. The topological polar surface area (TPSA) is 110 Å². The summed E-state index contributed by atoms with van der Waals surface area (Å²) in [6.07, 6.45) is 1.28. The Morgan fingerprint density at radius 3 is 2.55 bits per heavy atom. The first-order chi connectivity index (χ1) is 10.5. The van der Waals surface area contributed by atoms with Gasteiger partial charge in [0.2, 0.25) is 0 Å². The minimum atomic E-state index is -0.868. The molecule has 7 nitrogen and oxygen atoms in total. The molecule has 1 aromatic rings. The lowest BCUT2D eigenvalue weighted by Gasteiger charge is -2.30. The third-order valence-electron chi connectivity index (χ3n) is 3.54. The second-order valence-corrected chi connectivity index (χ2v) is 5.21. The van der Waals surface area contributed by atoms with E-state index in [2.05, 4.69) is 0 Å². The van der Waals surface area contributed by atoms with Crippen molar-refractivity contribution in [3.05, 3.63) is 29.8 Å². The molecule has 1 aromatic carbocycles. The van der Waals surface area contributed by atoms with E-state index < -0.39 is 17.8 Å². The van der Waals surface area contributed by atoms with Crippen molar-refractivity contribution < 1.29 is 24.2 Å². The van der Waals surface area contributed by atoms with Crippen LogP contribution >= 0.6 is 0 Å². The Bertz CT molecular complexity index is 570. The number of hydrogen-bond acceptors (Lipinski definition) is 4. The van der Waals surface area contributed by atoms with Gasteiger partial charge >= 0.3 is 5.97 Å². The predicted molar refractivity (Wildman–Crippen MR) is 77.4 cm³/mol. The number of aliphatic carboxylic acids is 1. The Hall–Kier alpha value is -2.57. The molecular weight excluding hydrogens is 288 g/mol. The molecule has 1 heterocycles. The number of carbonyl (C=O) groups excluding carboxylic acids is 2. The highest BCUT2D eigenvalue weighted by molar-refractivity contribution is 5.94. The van der Waals surface area contributed by atoms with Gasteiger partial charge in [-0.15, -0.1) is 0 Å². The number of hydrogen-bond donors (Lipinski definition) is 2. The lowest BCUT2D eigenvalue weighted by Crippen LogP contribution is -2.42. The standard InChI is InChI=1S/C15H18N2O5/c16-13(18)9-22-12-5-3-10(4-6-12)14(19)17-7-1-2-11(8-17)15(20)21/h3-6,11H,1-2,7-9H2,(H2,16,18)(H,20,21)/t11-/m1/s1. The Morgan fingerprint density at radius 1 is 1.27 bits per heavy atom. The number of nitrogens with two attached hydrogens (primary N) is 1. The number of primary amides is 1. The monoisotopic (exact) mass is 306 g/mol. The zero-order valence-electron chi connectivity index (χ0n) is 12.0. The summed E-state index contributed by atoms with van der Waals surface area (Å²) in [5, 5.41) is 9.06. The van der Waals surface area contributed by atoms with E-state index in [0.29, 0.717) is 30.7 Å². The van der Waals surface area contributed by atoms with Gasteiger partial charge in [0, 0.05) is 18.7 Å². The summed E-state index contributed by atoms with van der Waals surface area (Å²) in [6.45, 7) is 0.566. The first kappa shape index (κ1) is 15.8. The highest BCUT2D eigenvalue weighted by Gasteiger charge is 2.28. The Morgan fingerprint density at radius 2 is 1.95 bits per heavy atom. The van der Waals surface area contributed by atoms with Crippen molar-refractivity contribution in [1.82, 2.24) is 4.90 Å². The minimum Gasteiger partial charge on any atom is -0.484 e. The number of carboxylic acids is 1. The van der Waals surface area contributed by atoms with Crippen LogP contribution in [0, 0.1) is 5.92 Å². The molecule has 1 atom stereocenters. The van der Waals surface area contributed by atoms with Crippen molar-refractivity contribution in [2.24, 2.45) is 11.7 Å². The third kappa shape index (κ3) is 3.97. The van der Waals surface area contributed by atoms with Crippen molar-refractivity contribution in [1.29, 1.82) is 0 Å². The number of benzene rings is 1. The van der Waals surface area contributed by atoms with E-state index in [0.717, 1.165) is 0 Å². The van der Waals surface area contributed by atoms with E-state index >= 15 is 0 Å². The maximum atomic E-state index is 12.4. The Labute approximate surface area is 127 Å². The molecule has 1 fully saturated rings. The molecule has 3 N–H and O–H groups in total. The molecule has 22 heavy (non-hydrogen) atoms. The first-order valence-electron chi connectivity index (χ1n) is 7.00. The molecule has 0 aliphatic carbocycles. The third-order valence-corrected chi connectivity index (χ3v) is 3.54. The minimum absolute atomic E-state index is 0.201. The molecule has 7 heteroatoms. The van der Waals surface area contributed by atoms with Gasteiger partial charge in [-0.05, 0) is 37.1 Å². The van der Waals surface area contributed by atoms with E-state index in [1.807, 2.05) is 0 Å². The average Bonchev–Trinajstić information content (AvgIpc) is 2.53. The number of likely N-dealkylation sites (tertiary alicyclic amines) is 1. The number of rotatable bonds is 5. The van der Waals surface area contributed by atoms with Gasteiger partial charge in [0.1, 0.15) is 5.75 Å². The Balaban J connectivity index is 2.00. The molecule has 0 radical (unpaired) electrons. The largest absolute Gasteiger partial charge is 0.484 e. The van der Waals surface area contributed by atoms with E-state index in [4.69, 9.17) is 15.6 Å². The molecule has 2 rings (SSSR count). The number of carboxylic acid groups (broad SMARTS) is 1. The van der Waals surface area contributed by atoms with E-state index in [1.165, 1.54) is 0 Å². The number of amides is 2. The molecule has 0 saturated carbocycles. The highest BCUT2D eigenvalue weighted by Crippen LogP contribution is 2.20. The van der Waals surface area contributed by atoms with Gasteiger partial charge < -0.3 is 20.5 Å². The van der Waals surface area contributed by atoms with Crippen molar-refractivity contribution in [2.45, 2.75) is 12.8 Å². The van der Waals surface area contributed by atoms with Crippen LogP contribution in [0.3, 0.4) is 0 Å². The molecule has 0 bridgehead atoms. The predicted octanol–water partition coefficient (Wildman–Crippen LogP) is 0.487. The SMILES string of the molecule is NC(=O)COc1ccc(C(=O)N2CCC[C@@H](C(=O)O)C2)cc1.